The molecule has 0 radical (unpaired) electrons. The fourth-order valence-corrected chi connectivity index (χ4v) is 2.05. The molecule has 1 N–H and O–H groups in total. The number of rotatable bonds is 4. The third kappa shape index (κ3) is 2.73. The maximum Gasteiger partial charge on any atom is 0.0951 e. The number of hydrogen-bond acceptors (Lipinski definition) is 2. The summed E-state index contributed by atoms with van der Waals surface area (Å²) in [4.78, 5) is 4.22. The SMILES string of the molecule is Cc1ccc(C)c(NCc2cncn2C(C)C)c1. The van der Waals surface area contributed by atoms with E-state index < -0.39 is 0 Å². The number of anilines is 1. The van der Waals surface area contributed by atoms with Gasteiger partial charge in [0.2, 0.25) is 0 Å². The Bertz CT molecular complexity index is 526. The number of imidazole rings is 1. The van der Waals surface area contributed by atoms with Crippen molar-refractivity contribution in [1.82, 2.24) is 9.55 Å². The molecule has 0 aliphatic heterocycles. The largest absolute Gasteiger partial charge is 0.379 e. The molecule has 0 amide bonds. The second kappa shape index (κ2) is 5.25. The van der Waals surface area contributed by atoms with Crippen LogP contribution in [0.15, 0.2) is 30.7 Å². The summed E-state index contributed by atoms with van der Waals surface area (Å²) in [6.07, 6.45) is 3.82. The standard InChI is InChI=1S/C15H21N3/c1-11(2)18-10-16-8-14(18)9-17-15-7-12(3)5-6-13(15)4/h5-8,10-11,17H,9H2,1-4H3. The van der Waals surface area contributed by atoms with Crippen LogP contribution in [-0.2, 0) is 6.54 Å². The van der Waals surface area contributed by atoms with Gasteiger partial charge in [0.05, 0.1) is 18.6 Å². The molecule has 1 heterocycles. The summed E-state index contributed by atoms with van der Waals surface area (Å²) in [6, 6.07) is 6.92. The van der Waals surface area contributed by atoms with Gasteiger partial charge in [0.25, 0.3) is 0 Å². The quantitative estimate of drug-likeness (QED) is 0.887. The van der Waals surface area contributed by atoms with E-state index in [4.69, 9.17) is 0 Å². The highest BCUT2D eigenvalue weighted by molar-refractivity contribution is 5.52. The highest BCUT2D eigenvalue weighted by Gasteiger charge is 2.05. The Morgan fingerprint density at radius 3 is 2.78 bits per heavy atom. The van der Waals surface area contributed by atoms with Crippen molar-refractivity contribution in [2.45, 2.75) is 40.3 Å². The average Bonchev–Trinajstić information content (AvgIpc) is 2.79. The lowest BCUT2D eigenvalue weighted by Gasteiger charge is -2.14. The van der Waals surface area contributed by atoms with E-state index in [-0.39, 0.29) is 0 Å². The highest BCUT2D eigenvalue weighted by atomic mass is 15.1. The molecule has 3 heteroatoms. The summed E-state index contributed by atoms with van der Waals surface area (Å²) in [6.45, 7) is 9.39. The zero-order valence-electron chi connectivity index (χ0n) is 11.6. The molecule has 0 saturated carbocycles. The second-order valence-corrected chi connectivity index (χ2v) is 5.06. The summed E-state index contributed by atoms with van der Waals surface area (Å²) in [5.74, 6) is 0. The number of aryl methyl sites for hydroxylation is 2. The van der Waals surface area contributed by atoms with Crippen molar-refractivity contribution in [3.05, 3.63) is 47.5 Å². The van der Waals surface area contributed by atoms with E-state index in [0.717, 1.165) is 6.54 Å². The molecule has 96 valence electrons. The maximum atomic E-state index is 4.22. The van der Waals surface area contributed by atoms with Gasteiger partial charge in [-0.3, -0.25) is 0 Å². The van der Waals surface area contributed by atoms with Crippen LogP contribution in [0.2, 0.25) is 0 Å². The van der Waals surface area contributed by atoms with Crippen LogP contribution in [0.3, 0.4) is 0 Å². The van der Waals surface area contributed by atoms with Gasteiger partial charge in [-0.25, -0.2) is 4.98 Å². The Labute approximate surface area is 109 Å². The van der Waals surface area contributed by atoms with Crippen molar-refractivity contribution in [3.8, 4) is 0 Å². The zero-order chi connectivity index (χ0) is 13.1. The van der Waals surface area contributed by atoms with Crippen LogP contribution in [0.5, 0.6) is 0 Å². The number of nitrogens with zero attached hydrogens (tertiary/aromatic N) is 2. The number of nitrogens with one attached hydrogen (secondary N) is 1. The van der Waals surface area contributed by atoms with Gasteiger partial charge in [0.15, 0.2) is 0 Å². The van der Waals surface area contributed by atoms with Gasteiger partial charge in [0, 0.05) is 17.9 Å². The Hall–Kier alpha value is -1.77. The van der Waals surface area contributed by atoms with Gasteiger partial charge >= 0.3 is 0 Å². The van der Waals surface area contributed by atoms with Crippen molar-refractivity contribution in [3.63, 3.8) is 0 Å². The molecule has 0 fully saturated rings. The highest BCUT2D eigenvalue weighted by Crippen LogP contribution is 2.18. The molecule has 0 atom stereocenters. The third-order valence-electron chi connectivity index (χ3n) is 3.16. The Kier molecular flexibility index (Phi) is 3.70. The molecule has 1 aromatic carbocycles. The first-order valence-electron chi connectivity index (χ1n) is 6.39. The van der Waals surface area contributed by atoms with Crippen LogP contribution < -0.4 is 5.32 Å². The summed E-state index contributed by atoms with van der Waals surface area (Å²) >= 11 is 0. The molecule has 2 rings (SSSR count). The van der Waals surface area contributed by atoms with E-state index in [0.29, 0.717) is 6.04 Å². The summed E-state index contributed by atoms with van der Waals surface area (Å²) in [5, 5.41) is 3.49. The first kappa shape index (κ1) is 12.7. The van der Waals surface area contributed by atoms with Gasteiger partial charge in [-0.2, -0.15) is 0 Å². The maximum absolute atomic E-state index is 4.22. The number of aromatic nitrogens is 2. The van der Waals surface area contributed by atoms with Crippen LogP contribution in [0.4, 0.5) is 5.69 Å². The van der Waals surface area contributed by atoms with Crippen molar-refractivity contribution in [2.24, 2.45) is 0 Å². The number of hydrogen-bond donors (Lipinski definition) is 1. The normalized spacial score (nSPS) is 10.9. The molecule has 2 aromatic rings. The lowest BCUT2D eigenvalue weighted by atomic mass is 10.1. The van der Waals surface area contributed by atoms with Crippen LogP contribution in [-0.4, -0.2) is 9.55 Å². The molecular formula is C15H21N3. The van der Waals surface area contributed by atoms with Crippen molar-refractivity contribution < 1.29 is 0 Å². The van der Waals surface area contributed by atoms with Crippen molar-refractivity contribution in [1.29, 1.82) is 0 Å². The van der Waals surface area contributed by atoms with Crippen LogP contribution in [0.1, 0.15) is 36.7 Å². The van der Waals surface area contributed by atoms with Crippen molar-refractivity contribution >= 4 is 5.69 Å². The van der Waals surface area contributed by atoms with Crippen molar-refractivity contribution in [2.75, 3.05) is 5.32 Å². The molecule has 0 aliphatic rings. The minimum Gasteiger partial charge on any atom is -0.379 e. The fourth-order valence-electron chi connectivity index (χ4n) is 2.05. The van der Waals surface area contributed by atoms with E-state index in [2.05, 4.69) is 60.8 Å². The summed E-state index contributed by atoms with van der Waals surface area (Å²) in [7, 11) is 0. The Morgan fingerprint density at radius 2 is 2.06 bits per heavy atom. The first-order chi connectivity index (χ1) is 8.58. The topological polar surface area (TPSA) is 29.9 Å². The van der Waals surface area contributed by atoms with Gasteiger partial charge in [-0.1, -0.05) is 12.1 Å². The minimum atomic E-state index is 0.447. The predicted molar refractivity (Wildman–Crippen MR) is 75.9 cm³/mol. The summed E-state index contributed by atoms with van der Waals surface area (Å²) in [5.41, 5.74) is 4.97. The number of benzene rings is 1. The van der Waals surface area contributed by atoms with Gasteiger partial charge in [-0.05, 0) is 44.9 Å². The lowest BCUT2D eigenvalue weighted by molar-refractivity contribution is 0.577. The van der Waals surface area contributed by atoms with Crippen LogP contribution >= 0.6 is 0 Å². The van der Waals surface area contributed by atoms with E-state index in [9.17, 15) is 0 Å². The van der Waals surface area contributed by atoms with E-state index in [1.807, 2.05) is 12.5 Å². The van der Waals surface area contributed by atoms with Gasteiger partial charge < -0.3 is 9.88 Å². The van der Waals surface area contributed by atoms with Gasteiger partial charge in [-0.15, -0.1) is 0 Å². The molecule has 18 heavy (non-hydrogen) atoms. The zero-order valence-corrected chi connectivity index (χ0v) is 11.6. The molecule has 0 aliphatic carbocycles. The lowest BCUT2D eigenvalue weighted by Crippen LogP contribution is -2.09. The van der Waals surface area contributed by atoms with Crippen LogP contribution in [0, 0.1) is 13.8 Å². The minimum absolute atomic E-state index is 0.447. The molecule has 0 unspecified atom stereocenters. The molecule has 1 aromatic heterocycles. The van der Waals surface area contributed by atoms with Crippen LogP contribution in [0.25, 0.3) is 0 Å². The van der Waals surface area contributed by atoms with E-state index >= 15 is 0 Å². The average molecular weight is 243 g/mol. The smallest absolute Gasteiger partial charge is 0.0951 e. The molecular weight excluding hydrogens is 222 g/mol. The fraction of sp³-hybridized carbons (Fsp3) is 0.400. The monoisotopic (exact) mass is 243 g/mol. The Balaban J connectivity index is 2.11. The molecule has 0 saturated heterocycles. The second-order valence-electron chi connectivity index (χ2n) is 5.06. The predicted octanol–water partition coefficient (Wildman–Crippen LogP) is 3.69. The first-order valence-corrected chi connectivity index (χ1v) is 6.39. The molecule has 0 spiro atoms. The Morgan fingerprint density at radius 1 is 1.28 bits per heavy atom. The van der Waals surface area contributed by atoms with E-state index in [1.165, 1.54) is 22.5 Å². The molecule has 3 nitrogen and oxygen atoms in total. The summed E-state index contributed by atoms with van der Waals surface area (Å²) < 4.78 is 2.19. The van der Waals surface area contributed by atoms with Gasteiger partial charge in [0.1, 0.15) is 0 Å². The van der Waals surface area contributed by atoms with E-state index in [1.54, 1.807) is 0 Å². The third-order valence-corrected chi connectivity index (χ3v) is 3.16. The molecule has 0 bridgehead atoms.